The summed E-state index contributed by atoms with van der Waals surface area (Å²) in [6, 6.07) is 20.4. The fourth-order valence-corrected chi connectivity index (χ4v) is 3.27. The van der Waals surface area contributed by atoms with Crippen molar-refractivity contribution in [3.63, 3.8) is 0 Å². The van der Waals surface area contributed by atoms with Crippen molar-refractivity contribution >= 4 is 35.3 Å². The van der Waals surface area contributed by atoms with Crippen LogP contribution in [-0.2, 0) is 9.59 Å². The van der Waals surface area contributed by atoms with Crippen molar-refractivity contribution in [1.82, 2.24) is 0 Å². The molecule has 0 unspecified atom stereocenters. The third-order valence-electron chi connectivity index (χ3n) is 4.82. The first-order valence-corrected chi connectivity index (χ1v) is 9.43. The van der Waals surface area contributed by atoms with Crippen molar-refractivity contribution in [3.05, 3.63) is 90.0 Å². The Morgan fingerprint density at radius 3 is 1.74 bits per heavy atom. The zero-order chi connectivity index (χ0) is 22.0. The highest BCUT2D eigenvalue weighted by Crippen LogP contribution is 2.31. The van der Waals surface area contributed by atoms with Gasteiger partial charge in [0.1, 0.15) is 17.1 Å². The van der Waals surface area contributed by atoms with Crippen LogP contribution < -0.4 is 14.5 Å². The van der Waals surface area contributed by atoms with E-state index in [0.29, 0.717) is 17.1 Å². The van der Waals surface area contributed by atoms with E-state index in [9.17, 15) is 19.5 Å². The molecule has 1 heterocycles. The Morgan fingerprint density at radius 2 is 1.29 bits per heavy atom. The van der Waals surface area contributed by atoms with Gasteiger partial charge < -0.3 is 9.84 Å². The van der Waals surface area contributed by atoms with Gasteiger partial charge in [-0.1, -0.05) is 36.4 Å². The molecule has 0 bridgehead atoms. The Kier molecular flexibility index (Phi) is 5.24. The number of amides is 4. The molecule has 0 radical (unpaired) electrons. The first-order chi connectivity index (χ1) is 15.0. The van der Waals surface area contributed by atoms with Crippen LogP contribution in [0, 0.1) is 0 Å². The molecule has 154 valence electrons. The van der Waals surface area contributed by atoms with Gasteiger partial charge in [-0.05, 0) is 42.5 Å². The second-order valence-electron chi connectivity index (χ2n) is 6.72. The number of phenols is 1. The fourth-order valence-electron chi connectivity index (χ4n) is 3.27. The van der Waals surface area contributed by atoms with E-state index in [0.717, 1.165) is 9.80 Å². The Hall–Kier alpha value is -4.39. The molecule has 0 aliphatic carbocycles. The predicted molar refractivity (Wildman–Crippen MR) is 116 cm³/mol. The second kappa shape index (κ2) is 8.16. The number of nitrogens with zero attached hydrogens (tertiary/aromatic N) is 2. The maximum Gasteiger partial charge on any atom is 0.343 e. The van der Waals surface area contributed by atoms with Gasteiger partial charge in [-0.3, -0.25) is 9.59 Å². The Morgan fingerprint density at radius 1 is 0.774 bits per heavy atom. The summed E-state index contributed by atoms with van der Waals surface area (Å²) < 4.78 is 5.07. The number of ether oxygens (including phenoxy) is 1. The minimum absolute atomic E-state index is 0.165. The molecule has 1 aliphatic heterocycles. The van der Waals surface area contributed by atoms with Crippen LogP contribution in [0.25, 0.3) is 6.08 Å². The molecule has 7 nitrogen and oxygen atoms in total. The lowest BCUT2D eigenvalue weighted by atomic mass is 10.0. The van der Waals surface area contributed by atoms with Gasteiger partial charge in [-0.2, -0.15) is 0 Å². The third-order valence-corrected chi connectivity index (χ3v) is 4.82. The summed E-state index contributed by atoms with van der Waals surface area (Å²) in [5.41, 5.74) is 0.646. The van der Waals surface area contributed by atoms with Gasteiger partial charge in [-0.25, -0.2) is 14.6 Å². The summed E-state index contributed by atoms with van der Waals surface area (Å²) in [4.78, 5) is 41.6. The highest BCUT2D eigenvalue weighted by atomic mass is 16.5. The van der Waals surface area contributed by atoms with Crippen LogP contribution in [0.5, 0.6) is 11.5 Å². The average molecular weight is 414 g/mol. The molecule has 4 amide bonds. The molecule has 3 aromatic carbocycles. The summed E-state index contributed by atoms with van der Waals surface area (Å²) in [5.74, 6) is -1.29. The number of benzene rings is 3. The summed E-state index contributed by atoms with van der Waals surface area (Å²) in [6.45, 7) is 0. The van der Waals surface area contributed by atoms with E-state index in [1.54, 1.807) is 66.7 Å². The predicted octanol–water partition coefficient (Wildman–Crippen LogP) is 3.98. The molecule has 31 heavy (non-hydrogen) atoms. The number of para-hydroxylation sites is 2. The van der Waals surface area contributed by atoms with E-state index in [2.05, 4.69) is 0 Å². The summed E-state index contributed by atoms with van der Waals surface area (Å²) >= 11 is 0. The van der Waals surface area contributed by atoms with E-state index in [1.807, 2.05) is 0 Å². The van der Waals surface area contributed by atoms with Crippen molar-refractivity contribution in [3.8, 4) is 11.5 Å². The molecule has 1 N–H and O–H groups in total. The second-order valence-corrected chi connectivity index (χ2v) is 6.72. The number of hydrogen-bond donors (Lipinski definition) is 1. The number of barbiturate groups is 1. The first-order valence-electron chi connectivity index (χ1n) is 9.43. The molecule has 3 aromatic rings. The van der Waals surface area contributed by atoms with Gasteiger partial charge in [0.15, 0.2) is 0 Å². The van der Waals surface area contributed by atoms with E-state index in [1.165, 1.54) is 25.3 Å². The van der Waals surface area contributed by atoms with Crippen LogP contribution in [0.2, 0.25) is 0 Å². The zero-order valence-electron chi connectivity index (χ0n) is 16.6. The molecule has 0 saturated carbocycles. The minimum atomic E-state index is -0.775. The highest BCUT2D eigenvalue weighted by Gasteiger charge is 2.43. The van der Waals surface area contributed by atoms with Crippen molar-refractivity contribution in [2.45, 2.75) is 0 Å². The van der Waals surface area contributed by atoms with Gasteiger partial charge in [0.25, 0.3) is 11.8 Å². The van der Waals surface area contributed by atoms with Gasteiger partial charge in [0.2, 0.25) is 0 Å². The maximum atomic E-state index is 13.2. The molecule has 1 fully saturated rings. The van der Waals surface area contributed by atoms with E-state index >= 15 is 0 Å². The summed E-state index contributed by atoms with van der Waals surface area (Å²) in [7, 11) is 1.46. The molecule has 0 spiro atoms. The van der Waals surface area contributed by atoms with Crippen LogP contribution >= 0.6 is 0 Å². The number of phenolic OH excluding ortho intramolecular Hbond substituents is 1. The standard InChI is InChI=1S/C24H18N2O5/c1-31-19-13-12-16(21(27)15-19)14-20-22(28)25(17-8-4-2-5-9-17)24(30)26(23(20)29)18-10-6-3-7-11-18/h2-15,27H,1H3. The number of methoxy groups -OCH3 is 1. The maximum absolute atomic E-state index is 13.2. The third kappa shape index (κ3) is 3.64. The number of carbonyl (C=O) groups excluding carboxylic acids is 3. The average Bonchev–Trinajstić information content (AvgIpc) is 2.79. The highest BCUT2D eigenvalue weighted by molar-refractivity contribution is 6.46. The minimum Gasteiger partial charge on any atom is -0.507 e. The van der Waals surface area contributed by atoms with Crippen LogP contribution in [0.4, 0.5) is 16.2 Å². The molecular weight excluding hydrogens is 396 g/mol. The quantitative estimate of drug-likeness (QED) is 0.515. The molecule has 0 aromatic heterocycles. The number of rotatable bonds is 4. The lowest BCUT2D eigenvalue weighted by Gasteiger charge is -2.33. The molecule has 7 heteroatoms. The molecule has 1 saturated heterocycles. The van der Waals surface area contributed by atoms with Crippen molar-refractivity contribution < 1.29 is 24.2 Å². The number of carbonyl (C=O) groups is 3. The van der Waals surface area contributed by atoms with Crippen LogP contribution in [-0.4, -0.2) is 30.1 Å². The number of urea groups is 1. The lowest BCUT2D eigenvalue weighted by Crippen LogP contribution is -2.57. The molecule has 1 aliphatic rings. The van der Waals surface area contributed by atoms with Gasteiger partial charge in [0, 0.05) is 11.6 Å². The van der Waals surface area contributed by atoms with Crippen molar-refractivity contribution in [2.75, 3.05) is 16.9 Å². The number of anilines is 2. The van der Waals surface area contributed by atoms with Gasteiger partial charge >= 0.3 is 6.03 Å². The summed E-state index contributed by atoms with van der Waals surface area (Å²) in [6.07, 6.45) is 1.28. The number of aromatic hydroxyl groups is 1. The van der Waals surface area contributed by atoms with Crippen molar-refractivity contribution in [2.24, 2.45) is 0 Å². The van der Waals surface area contributed by atoms with Crippen LogP contribution in [0.1, 0.15) is 5.56 Å². The fraction of sp³-hybridized carbons (Fsp3) is 0.0417. The Balaban J connectivity index is 1.86. The van der Waals surface area contributed by atoms with E-state index in [4.69, 9.17) is 4.74 Å². The normalized spacial score (nSPS) is 14.1. The van der Waals surface area contributed by atoms with Crippen LogP contribution in [0.15, 0.2) is 84.4 Å². The smallest absolute Gasteiger partial charge is 0.343 e. The monoisotopic (exact) mass is 414 g/mol. The zero-order valence-corrected chi connectivity index (χ0v) is 16.6. The van der Waals surface area contributed by atoms with Gasteiger partial charge in [-0.15, -0.1) is 0 Å². The number of hydrogen-bond acceptors (Lipinski definition) is 5. The topological polar surface area (TPSA) is 87.2 Å². The van der Waals surface area contributed by atoms with Crippen molar-refractivity contribution in [1.29, 1.82) is 0 Å². The molecular formula is C24H18N2O5. The SMILES string of the molecule is COc1ccc(C=C2C(=O)N(c3ccccc3)C(=O)N(c3ccccc3)C2=O)c(O)c1. The Bertz CT molecular complexity index is 1130. The molecule has 0 atom stereocenters. The Labute approximate surface area is 178 Å². The first kappa shape index (κ1) is 19.9. The number of imide groups is 2. The van der Waals surface area contributed by atoms with E-state index < -0.39 is 17.8 Å². The van der Waals surface area contributed by atoms with Gasteiger partial charge in [0.05, 0.1) is 18.5 Å². The molecule has 4 rings (SSSR count). The largest absolute Gasteiger partial charge is 0.507 e. The lowest BCUT2D eigenvalue weighted by molar-refractivity contribution is -0.121. The summed E-state index contributed by atoms with van der Waals surface area (Å²) in [5, 5.41) is 10.3. The van der Waals surface area contributed by atoms with Crippen LogP contribution in [0.3, 0.4) is 0 Å². The van der Waals surface area contributed by atoms with E-state index in [-0.39, 0.29) is 16.9 Å².